The van der Waals surface area contributed by atoms with E-state index in [1.165, 1.54) is 7.11 Å². The number of nitrogens with one attached hydrogen (secondary N) is 1. The highest BCUT2D eigenvalue weighted by atomic mass is 16.5. The Bertz CT molecular complexity index is 1110. The number of ketones is 1. The molecule has 2 aromatic heterocycles. The summed E-state index contributed by atoms with van der Waals surface area (Å²) in [6.45, 7) is 10.0. The zero-order valence-electron chi connectivity index (χ0n) is 19.2. The van der Waals surface area contributed by atoms with Gasteiger partial charge in [0.1, 0.15) is 0 Å². The number of esters is 1. The van der Waals surface area contributed by atoms with Crippen LogP contribution in [0.2, 0.25) is 0 Å². The van der Waals surface area contributed by atoms with E-state index in [1.807, 2.05) is 67.7 Å². The summed E-state index contributed by atoms with van der Waals surface area (Å²) in [6.07, 6.45) is 0. The highest BCUT2D eigenvalue weighted by Gasteiger charge is 2.28. The fraction of sp³-hybridized carbons (Fsp3) is 0.375. The first kappa shape index (κ1) is 22.5. The SMILES string of the molecule is COC(=O)c1c(C)[nH]c(C(=O)[C@@H](C)N(C)Cc2c(C)nn(-c3ccccc3)c2C)c1C. The van der Waals surface area contributed by atoms with Gasteiger partial charge in [-0.15, -0.1) is 0 Å². The van der Waals surface area contributed by atoms with E-state index >= 15 is 0 Å². The second-order valence-electron chi connectivity index (χ2n) is 7.97. The van der Waals surface area contributed by atoms with Crippen LogP contribution in [0.4, 0.5) is 0 Å². The van der Waals surface area contributed by atoms with Crippen LogP contribution in [0.15, 0.2) is 30.3 Å². The number of carbonyl (C=O) groups excluding carboxylic acids is 2. The number of hydrogen-bond donors (Lipinski definition) is 1. The van der Waals surface area contributed by atoms with E-state index in [0.717, 1.165) is 22.6 Å². The summed E-state index contributed by atoms with van der Waals surface area (Å²) in [5.41, 5.74) is 6.23. The number of Topliss-reactive ketones (excluding diaryl/α,β-unsaturated/α-hetero) is 1. The number of benzene rings is 1. The second-order valence-corrected chi connectivity index (χ2v) is 7.97. The number of nitrogens with zero attached hydrogens (tertiary/aromatic N) is 3. The minimum Gasteiger partial charge on any atom is -0.465 e. The number of H-pyrrole nitrogens is 1. The molecule has 0 aliphatic rings. The molecule has 0 aliphatic carbocycles. The molecule has 7 heteroatoms. The number of para-hydroxylation sites is 1. The molecule has 0 amide bonds. The number of ether oxygens (including phenoxy) is 1. The second kappa shape index (κ2) is 8.89. The number of carbonyl (C=O) groups is 2. The van der Waals surface area contributed by atoms with Crippen molar-refractivity contribution in [3.63, 3.8) is 0 Å². The summed E-state index contributed by atoms with van der Waals surface area (Å²) in [5.74, 6) is -0.505. The third-order valence-electron chi connectivity index (χ3n) is 5.96. The first-order chi connectivity index (χ1) is 14.7. The Kier molecular flexibility index (Phi) is 6.45. The van der Waals surface area contributed by atoms with Crippen LogP contribution in [-0.2, 0) is 11.3 Å². The summed E-state index contributed by atoms with van der Waals surface area (Å²) in [6, 6.07) is 9.61. The van der Waals surface area contributed by atoms with Gasteiger partial charge in [0.05, 0.1) is 35.8 Å². The average Bonchev–Trinajstić information content (AvgIpc) is 3.22. The molecule has 1 aromatic carbocycles. The van der Waals surface area contributed by atoms with Gasteiger partial charge in [-0.25, -0.2) is 9.48 Å². The van der Waals surface area contributed by atoms with Crippen molar-refractivity contribution in [2.75, 3.05) is 14.2 Å². The van der Waals surface area contributed by atoms with E-state index in [0.29, 0.717) is 29.1 Å². The zero-order valence-corrected chi connectivity index (χ0v) is 19.2. The van der Waals surface area contributed by atoms with Crippen LogP contribution in [0.5, 0.6) is 0 Å². The molecule has 31 heavy (non-hydrogen) atoms. The van der Waals surface area contributed by atoms with Gasteiger partial charge < -0.3 is 9.72 Å². The molecule has 0 unspecified atom stereocenters. The van der Waals surface area contributed by atoms with Crippen LogP contribution >= 0.6 is 0 Å². The van der Waals surface area contributed by atoms with E-state index in [9.17, 15) is 9.59 Å². The highest BCUT2D eigenvalue weighted by Crippen LogP contribution is 2.23. The Balaban J connectivity index is 1.83. The molecule has 0 spiro atoms. The van der Waals surface area contributed by atoms with Crippen molar-refractivity contribution in [2.24, 2.45) is 0 Å². The fourth-order valence-electron chi connectivity index (χ4n) is 3.92. The van der Waals surface area contributed by atoms with Crippen molar-refractivity contribution in [3.8, 4) is 5.69 Å². The number of aryl methyl sites for hydroxylation is 2. The van der Waals surface area contributed by atoms with Gasteiger partial charge in [-0.3, -0.25) is 9.69 Å². The molecular weight excluding hydrogens is 392 g/mol. The predicted molar refractivity (Wildman–Crippen MR) is 120 cm³/mol. The topological polar surface area (TPSA) is 80.2 Å². The van der Waals surface area contributed by atoms with E-state index in [4.69, 9.17) is 9.84 Å². The normalized spacial score (nSPS) is 12.3. The molecule has 0 saturated heterocycles. The first-order valence-corrected chi connectivity index (χ1v) is 10.3. The van der Waals surface area contributed by atoms with E-state index in [-0.39, 0.29) is 11.8 Å². The maximum absolute atomic E-state index is 13.2. The Hall–Kier alpha value is -3.19. The van der Waals surface area contributed by atoms with Crippen LogP contribution in [0.25, 0.3) is 5.69 Å². The van der Waals surface area contributed by atoms with Gasteiger partial charge in [-0.2, -0.15) is 5.10 Å². The molecule has 2 heterocycles. The number of hydrogen-bond acceptors (Lipinski definition) is 5. The smallest absolute Gasteiger partial charge is 0.339 e. The van der Waals surface area contributed by atoms with Crippen molar-refractivity contribution in [1.82, 2.24) is 19.7 Å². The Morgan fingerprint density at radius 3 is 2.42 bits per heavy atom. The lowest BCUT2D eigenvalue weighted by Gasteiger charge is -2.23. The van der Waals surface area contributed by atoms with Gasteiger partial charge in [-0.1, -0.05) is 18.2 Å². The Morgan fingerprint density at radius 1 is 1.16 bits per heavy atom. The van der Waals surface area contributed by atoms with Crippen LogP contribution in [0, 0.1) is 27.7 Å². The van der Waals surface area contributed by atoms with Crippen molar-refractivity contribution in [2.45, 2.75) is 47.2 Å². The first-order valence-electron chi connectivity index (χ1n) is 10.3. The van der Waals surface area contributed by atoms with E-state index < -0.39 is 5.97 Å². The van der Waals surface area contributed by atoms with Gasteiger partial charge in [0, 0.05) is 23.5 Å². The molecule has 164 valence electrons. The summed E-state index contributed by atoms with van der Waals surface area (Å²) < 4.78 is 6.79. The number of rotatable bonds is 7. The number of methoxy groups -OCH3 is 1. The van der Waals surface area contributed by atoms with Crippen LogP contribution in [0.3, 0.4) is 0 Å². The van der Waals surface area contributed by atoms with Gasteiger partial charge in [0.25, 0.3) is 0 Å². The quantitative estimate of drug-likeness (QED) is 0.461. The van der Waals surface area contributed by atoms with Crippen molar-refractivity contribution in [1.29, 1.82) is 0 Å². The predicted octanol–water partition coefficient (Wildman–Crippen LogP) is 3.92. The highest BCUT2D eigenvalue weighted by molar-refractivity contribution is 6.03. The summed E-state index contributed by atoms with van der Waals surface area (Å²) in [4.78, 5) is 30.4. The maximum atomic E-state index is 13.2. The third-order valence-corrected chi connectivity index (χ3v) is 5.96. The molecule has 3 rings (SSSR count). The molecule has 3 aromatic rings. The van der Waals surface area contributed by atoms with Gasteiger partial charge in [0.15, 0.2) is 5.78 Å². The molecule has 0 radical (unpaired) electrons. The van der Waals surface area contributed by atoms with Crippen molar-refractivity contribution in [3.05, 3.63) is 69.8 Å². The summed E-state index contributed by atoms with van der Waals surface area (Å²) in [5, 5.41) is 4.70. The van der Waals surface area contributed by atoms with Crippen LogP contribution in [0.1, 0.15) is 56.0 Å². The van der Waals surface area contributed by atoms with Crippen LogP contribution < -0.4 is 0 Å². The molecule has 0 saturated carbocycles. The maximum Gasteiger partial charge on any atom is 0.339 e. The van der Waals surface area contributed by atoms with Gasteiger partial charge in [0.2, 0.25) is 0 Å². The van der Waals surface area contributed by atoms with E-state index in [2.05, 4.69) is 4.98 Å². The molecule has 1 N–H and O–H groups in total. The largest absolute Gasteiger partial charge is 0.465 e. The lowest BCUT2D eigenvalue weighted by atomic mass is 10.0. The summed E-state index contributed by atoms with van der Waals surface area (Å²) >= 11 is 0. The van der Waals surface area contributed by atoms with E-state index in [1.54, 1.807) is 13.8 Å². The lowest BCUT2D eigenvalue weighted by Crippen LogP contribution is -2.36. The van der Waals surface area contributed by atoms with Crippen molar-refractivity contribution >= 4 is 11.8 Å². The third kappa shape index (κ3) is 4.18. The fourth-order valence-corrected chi connectivity index (χ4v) is 3.92. The molecular formula is C24H30N4O3. The minimum atomic E-state index is -0.439. The molecule has 0 fully saturated rings. The molecule has 0 aliphatic heterocycles. The number of aromatic amines is 1. The minimum absolute atomic E-state index is 0.0657. The van der Waals surface area contributed by atoms with Crippen LogP contribution in [-0.4, -0.2) is 51.6 Å². The lowest BCUT2D eigenvalue weighted by molar-refractivity contribution is 0.0599. The monoisotopic (exact) mass is 422 g/mol. The molecule has 1 atom stereocenters. The molecule has 7 nitrogen and oxygen atoms in total. The molecule has 0 bridgehead atoms. The standard InChI is InChI=1S/C24H30N4O3/c1-14-21(24(30)31-7)16(3)25-22(14)23(29)18(5)27(6)13-20-15(2)26-28(17(20)4)19-11-9-8-10-12-19/h8-12,18,25H,13H2,1-7H3/t18-/m1/s1. The number of likely N-dealkylation sites (N-methyl/N-ethyl adjacent to an activating group) is 1. The summed E-state index contributed by atoms with van der Waals surface area (Å²) in [7, 11) is 3.26. The average molecular weight is 423 g/mol. The van der Waals surface area contributed by atoms with Crippen molar-refractivity contribution < 1.29 is 14.3 Å². The Morgan fingerprint density at radius 2 is 1.81 bits per heavy atom. The number of aromatic nitrogens is 3. The van der Waals surface area contributed by atoms with Gasteiger partial charge >= 0.3 is 5.97 Å². The Labute approximate surface area is 183 Å². The zero-order chi connectivity index (χ0) is 22.9. The van der Waals surface area contributed by atoms with Gasteiger partial charge in [-0.05, 0) is 59.4 Å².